The predicted octanol–water partition coefficient (Wildman–Crippen LogP) is 1.90. The zero-order chi connectivity index (χ0) is 13.8. The molecule has 0 aliphatic carbocycles. The largest absolute Gasteiger partial charge is 0.477 e. The van der Waals surface area contributed by atoms with Crippen molar-refractivity contribution in [2.45, 2.75) is 13.3 Å². The average molecular weight is 283 g/mol. The maximum absolute atomic E-state index is 11.7. The molecule has 7 heteroatoms. The minimum absolute atomic E-state index is 0.00377. The van der Waals surface area contributed by atoms with E-state index in [0.29, 0.717) is 23.8 Å². The van der Waals surface area contributed by atoms with Gasteiger partial charge in [-0.15, -0.1) is 0 Å². The van der Waals surface area contributed by atoms with Gasteiger partial charge in [0, 0.05) is 12.2 Å². The number of hydrogen-bond acceptors (Lipinski definition) is 3. The zero-order valence-electron chi connectivity index (χ0n) is 10.7. The van der Waals surface area contributed by atoms with Crippen molar-refractivity contribution >= 4 is 29.4 Å². The van der Waals surface area contributed by atoms with E-state index in [1.54, 1.807) is 13.0 Å². The Labute approximate surface area is 115 Å². The van der Waals surface area contributed by atoms with Crippen molar-refractivity contribution in [2.24, 2.45) is 5.92 Å². The highest BCUT2D eigenvalue weighted by molar-refractivity contribution is 7.99. The zero-order valence-corrected chi connectivity index (χ0v) is 11.5. The molecule has 1 aliphatic heterocycles. The molecule has 0 aromatic carbocycles. The maximum Gasteiger partial charge on any atom is 0.354 e. The van der Waals surface area contributed by atoms with Crippen LogP contribution in [0.4, 0.5) is 10.5 Å². The number of amides is 2. The van der Waals surface area contributed by atoms with Gasteiger partial charge in [-0.3, -0.25) is 0 Å². The van der Waals surface area contributed by atoms with Gasteiger partial charge in [-0.2, -0.15) is 11.8 Å². The van der Waals surface area contributed by atoms with Gasteiger partial charge in [0.05, 0.1) is 5.69 Å². The smallest absolute Gasteiger partial charge is 0.354 e. The second kappa shape index (κ2) is 6.01. The second-order valence-electron chi connectivity index (χ2n) is 4.61. The highest BCUT2D eigenvalue weighted by atomic mass is 32.2. The minimum Gasteiger partial charge on any atom is -0.477 e. The summed E-state index contributed by atoms with van der Waals surface area (Å²) in [5.41, 5.74) is 0.993. The summed E-state index contributed by atoms with van der Waals surface area (Å²) in [6, 6.07) is 1.24. The van der Waals surface area contributed by atoms with Crippen molar-refractivity contribution in [2.75, 3.05) is 23.4 Å². The molecule has 4 N–H and O–H groups in total. The number of thioether (sulfide) groups is 1. The fraction of sp³-hybridized carbons (Fsp3) is 0.500. The fourth-order valence-corrected chi connectivity index (χ4v) is 3.29. The lowest BCUT2D eigenvalue weighted by molar-refractivity contribution is 0.0692. The Bertz CT molecular complexity index is 481. The maximum atomic E-state index is 11.7. The predicted molar refractivity (Wildman–Crippen MR) is 74.9 cm³/mol. The number of aryl methyl sites for hydroxylation is 1. The summed E-state index contributed by atoms with van der Waals surface area (Å²) >= 11 is 1.89. The molecule has 0 saturated carbocycles. The van der Waals surface area contributed by atoms with E-state index in [1.165, 1.54) is 0 Å². The van der Waals surface area contributed by atoms with E-state index in [-0.39, 0.29) is 11.7 Å². The summed E-state index contributed by atoms with van der Waals surface area (Å²) in [6.45, 7) is 2.37. The molecule has 1 atom stereocenters. The molecule has 104 valence electrons. The molecule has 0 spiro atoms. The molecule has 2 heterocycles. The van der Waals surface area contributed by atoms with Crippen molar-refractivity contribution < 1.29 is 14.7 Å². The SMILES string of the molecule is Cc1cc(NC(=O)NCC2CCSC2)c(C(=O)O)[nH]1. The highest BCUT2D eigenvalue weighted by Gasteiger charge is 2.18. The van der Waals surface area contributed by atoms with Crippen LogP contribution in [-0.2, 0) is 0 Å². The monoisotopic (exact) mass is 283 g/mol. The van der Waals surface area contributed by atoms with E-state index in [9.17, 15) is 9.59 Å². The topological polar surface area (TPSA) is 94.2 Å². The molecule has 0 bridgehead atoms. The Morgan fingerprint density at radius 3 is 3.00 bits per heavy atom. The van der Waals surface area contributed by atoms with Gasteiger partial charge in [0.15, 0.2) is 0 Å². The number of carboxylic acids is 1. The fourth-order valence-electron chi connectivity index (χ4n) is 2.00. The van der Waals surface area contributed by atoms with E-state index >= 15 is 0 Å². The van der Waals surface area contributed by atoms with Crippen LogP contribution in [0.3, 0.4) is 0 Å². The van der Waals surface area contributed by atoms with Crippen LogP contribution in [0.15, 0.2) is 6.07 Å². The molecule has 0 radical (unpaired) electrons. The molecule has 1 aromatic rings. The summed E-state index contributed by atoms with van der Waals surface area (Å²) in [4.78, 5) is 25.4. The Kier molecular flexibility index (Phi) is 4.36. The number of H-pyrrole nitrogens is 1. The van der Waals surface area contributed by atoms with Crippen LogP contribution < -0.4 is 10.6 Å². The lowest BCUT2D eigenvalue weighted by Crippen LogP contribution is -2.33. The number of aromatic amines is 1. The molecule has 1 saturated heterocycles. The van der Waals surface area contributed by atoms with Gasteiger partial charge in [0.25, 0.3) is 0 Å². The molecular weight excluding hydrogens is 266 g/mol. The number of hydrogen-bond donors (Lipinski definition) is 4. The van der Waals surface area contributed by atoms with Gasteiger partial charge < -0.3 is 20.7 Å². The summed E-state index contributed by atoms with van der Waals surface area (Å²) < 4.78 is 0. The first-order valence-electron chi connectivity index (χ1n) is 6.11. The third-order valence-corrected chi connectivity index (χ3v) is 4.22. The van der Waals surface area contributed by atoms with Crippen LogP contribution in [0.2, 0.25) is 0 Å². The van der Waals surface area contributed by atoms with Crippen LogP contribution in [-0.4, -0.2) is 40.1 Å². The van der Waals surface area contributed by atoms with E-state index in [2.05, 4.69) is 15.6 Å². The Balaban J connectivity index is 1.89. The number of urea groups is 1. The van der Waals surface area contributed by atoms with Gasteiger partial charge >= 0.3 is 12.0 Å². The lowest BCUT2D eigenvalue weighted by Gasteiger charge is -2.10. The number of carbonyl (C=O) groups excluding carboxylic acids is 1. The van der Waals surface area contributed by atoms with Crippen LogP contribution in [0, 0.1) is 12.8 Å². The van der Waals surface area contributed by atoms with E-state index < -0.39 is 5.97 Å². The van der Waals surface area contributed by atoms with Crippen LogP contribution in [0.25, 0.3) is 0 Å². The Morgan fingerprint density at radius 1 is 1.58 bits per heavy atom. The van der Waals surface area contributed by atoms with Crippen molar-refractivity contribution in [1.82, 2.24) is 10.3 Å². The number of aromatic nitrogens is 1. The summed E-state index contributed by atoms with van der Waals surface area (Å²) in [6.07, 6.45) is 1.12. The van der Waals surface area contributed by atoms with Crippen LogP contribution in [0.1, 0.15) is 22.6 Å². The van der Waals surface area contributed by atoms with Crippen molar-refractivity contribution in [3.63, 3.8) is 0 Å². The summed E-state index contributed by atoms with van der Waals surface area (Å²) in [5.74, 6) is 1.65. The van der Waals surface area contributed by atoms with Crippen molar-refractivity contribution in [3.8, 4) is 0 Å². The number of carboxylic acid groups (broad SMARTS) is 1. The van der Waals surface area contributed by atoms with Crippen molar-refractivity contribution in [3.05, 3.63) is 17.5 Å². The number of rotatable bonds is 4. The number of nitrogens with one attached hydrogen (secondary N) is 3. The summed E-state index contributed by atoms with van der Waals surface area (Å²) in [5, 5.41) is 14.3. The van der Waals surface area contributed by atoms with Gasteiger partial charge in [-0.05, 0) is 36.8 Å². The molecule has 6 nitrogen and oxygen atoms in total. The Morgan fingerprint density at radius 2 is 2.37 bits per heavy atom. The van der Waals surface area contributed by atoms with Gasteiger partial charge in [0.1, 0.15) is 5.69 Å². The summed E-state index contributed by atoms with van der Waals surface area (Å²) in [7, 11) is 0. The number of aromatic carboxylic acids is 1. The Hall–Kier alpha value is -1.63. The minimum atomic E-state index is -1.09. The third-order valence-electron chi connectivity index (χ3n) is 2.99. The van der Waals surface area contributed by atoms with Gasteiger partial charge in [0.2, 0.25) is 0 Å². The second-order valence-corrected chi connectivity index (χ2v) is 5.76. The molecule has 1 aromatic heterocycles. The van der Waals surface area contributed by atoms with Gasteiger partial charge in [-0.25, -0.2) is 9.59 Å². The van der Waals surface area contributed by atoms with Crippen LogP contribution >= 0.6 is 11.8 Å². The quantitative estimate of drug-likeness (QED) is 0.679. The molecular formula is C12H17N3O3S. The first kappa shape index (κ1) is 13.8. The normalized spacial score (nSPS) is 18.3. The van der Waals surface area contributed by atoms with E-state index in [4.69, 9.17) is 5.11 Å². The van der Waals surface area contributed by atoms with E-state index in [0.717, 1.165) is 17.9 Å². The molecule has 19 heavy (non-hydrogen) atoms. The standard InChI is InChI=1S/C12H17N3O3S/c1-7-4-9(10(14-7)11(16)17)15-12(18)13-5-8-2-3-19-6-8/h4,8,14H,2-3,5-6H2,1H3,(H,16,17)(H2,13,15,18). The molecule has 2 amide bonds. The molecule has 1 unspecified atom stereocenters. The first-order chi connectivity index (χ1) is 9.06. The van der Waals surface area contributed by atoms with Crippen LogP contribution in [0.5, 0.6) is 0 Å². The van der Waals surface area contributed by atoms with Gasteiger partial charge in [-0.1, -0.05) is 0 Å². The molecule has 1 aliphatic rings. The third kappa shape index (κ3) is 3.66. The van der Waals surface area contributed by atoms with E-state index in [1.807, 2.05) is 11.8 Å². The molecule has 1 fully saturated rings. The highest BCUT2D eigenvalue weighted by Crippen LogP contribution is 2.22. The number of anilines is 1. The lowest BCUT2D eigenvalue weighted by atomic mass is 10.1. The average Bonchev–Trinajstić information content (AvgIpc) is 2.96. The molecule has 2 rings (SSSR count). The number of carbonyl (C=O) groups is 2. The first-order valence-corrected chi connectivity index (χ1v) is 7.27. The van der Waals surface area contributed by atoms with Crippen molar-refractivity contribution in [1.29, 1.82) is 0 Å².